The second kappa shape index (κ2) is 9.59. The van der Waals surface area contributed by atoms with Crippen LogP contribution in [0.15, 0.2) is 60.7 Å². The molecular weight excluding hydrogens is 378 g/mol. The molecule has 30 heavy (non-hydrogen) atoms. The van der Waals surface area contributed by atoms with Gasteiger partial charge in [-0.15, -0.1) is 0 Å². The summed E-state index contributed by atoms with van der Waals surface area (Å²) in [4.78, 5) is 14.9. The zero-order valence-electron chi connectivity index (χ0n) is 17.2. The van der Waals surface area contributed by atoms with E-state index in [1.54, 1.807) is 7.11 Å². The average Bonchev–Trinajstić information content (AvgIpc) is 3.30. The summed E-state index contributed by atoms with van der Waals surface area (Å²) >= 11 is 0. The Hall–Kier alpha value is -3.12. The number of likely N-dealkylation sites (tertiary alicyclic amines) is 1. The number of carbonyl (C=O) groups is 1. The fraction of sp³-hybridized carbons (Fsp3) is 0.333. The van der Waals surface area contributed by atoms with Gasteiger partial charge in [0.2, 0.25) is 0 Å². The number of hydrogen-bond acceptors (Lipinski definition) is 4. The Morgan fingerprint density at radius 3 is 2.87 bits per heavy atom. The fourth-order valence-corrected chi connectivity index (χ4v) is 3.84. The van der Waals surface area contributed by atoms with Crippen molar-refractivity contribution in [2.24, 2.45) is 5.92 Å². The van der Waals surface area contributed by atoms with E-state index >= 15 is 0 Å². The van der Waals surface area contributed by atoms with E-state index in [0.29, 0.717) is 31.4 Å². The van der Waals surface area contributed by atoms with Crippen LogP contribution in [0.5, 0.6) is 5.75 Å². The van der Waals surface area contributed by atoms with Gasteiger partial charge >= 0.3 is 0 Å². The van der Waals surface area contributed by atoms with Gasteiger partial charge in [0.1, 0.15) is 11.4 Å². The predicted molar refractivity (Wildman–Crippen MR) is 115 cm³/mol. The number of ether oxygens (including phenoxy) is 2. The van der Waals surface area contributed by atoms with Crippen molar-refractivity contribution in [1.29, 1.82) is 0 Å². The number of nitrogens with zero attached hydrogens (tertiary/aromatic N) is 2. The van der Waals surface area contributed by atoms with Crippen molar-refractivity contribution in [2.45, 2.75) is 19.4 Å². The van der Waals surface area contributed by atoms with Crippen molar-refractivity contribution in [3.05, 3.63) is 71.9 Å². The van der Waals surface area contributed by atoms with Crippen molar-refractivity contribution in [2.75, 3.05) is 26.8 Å². The second-order valence-electron chi connectivity index (χ2n) is 7.66. The van der Waals surface area contributed by atoms with Gasteiger partial charge in [0, 0.05) is 18.7 Å². The average molecular weight is 405 g/mol. The first-order valence-electron chi connectivity index (χ1n) is 10.3. The molecule has 6 heteroatoms. The highest BCUT2D eigenvalue weighted by Crippen LogP contribution is 2.24. The molecule has 1 unspecified atom stereocenters. The van der Waals surface area contributed by atoms with Gasteiger partial charge in [-0.3, -0.25) is 9.89 Å². The summed E-state index contributed by atoms with van der Waals surface area (Å²) in [6, 6.07) is 19.6. The van der Waals surface area contributed by atoms with Crippen LogP contribution >= 0.6 is 0 Å². The van der Waals surface area contributed by atoms with Crippen LogP contribution in [0.1, 0.15) is 28.9 Å². The first kappa shape index (κ1) is 20.2. The molecule has 6 nitrogen and oxygen atoms in total. The molecule has 1 atom stereocenters. The summed E-state index contributed by atoms with van der Waals surface area (Å²) in [6.45, 7) is 2.75. The SMILES string of the molecule is COc1cccc(-c2cc(C(=O)N3CCCC(COCc4ccccc4)C3)[nH]n2)c1. The third kappa shape index (κ3) is 4.89. The molecule has 156 valence electrons. The molecule has 1 saturated heterocycles. The van der Waals surface area contributed by atoms with E-state index in [1.807, 2.05) is 53.4 Å². The van der Waals surface area contributed by atoms with Crippen LogP contribution in [0.3, 0.4) is 0 Å². The standard InChI is InChI=1S/C24H27N3O3/c1-29-21-11-5-10-20(13-21)22-14-23(26-25-22)24(28)27-12-6-9-19(15-27)17-30-16-18-7-3-2-4-8-18/h2-5,7-8,10-11,13-14,19H,6,9,12,15-17H2,1H3,(H,25,26). The first-order valence-corrected chi connectivity index (χ1v) is 10.3. The highest BCUT2D eigenvalue weighted by Gasteiger charge is 2.26. The topological polar surface area (TPSA) is 67.4 Å². The molecule has 2 heterocycles. The van der Waals surface area contributed by atoms with Crippen molar-refractivity contribution in [1.82, 2.24) is 15.1 Å². The lowest BCUT2D eigenvalue weighted by molar-refractivity contribution is 0.0422. The van der Waals surface area contributed by atoms with E-state index in [-0.39, 0.29) is 5.91 Å². The Morgan fingerprint density at radius 1 is 1.17 bits per heavy atom. The van der Waals surface area contributed by atoms with Crippen molar-refractivity contribution in [3.63, 3.8) is 0 Å². The minimum Gasteiger partial charge on any atom is -0.497 e. The van der Waals surface area contributed by atoms with Gasteiger partial charge in [-0.2, -0.15) is 5.10 Å². The van der Waals surface area contributed by atoms with Crippen LogP contribution < -0.4 is 4.74 Å². The predicted octanol–water partition coefficient (Wildman–Crippen LogP) is 4.15. The molecule has 1 aliphatic rings. The van der Waals surface area contributed by atoms with Gasteiger partial charge in [-0.05, 0) is 42.5 Å². The van der Waals surface area contributed by atoms with E-state index < -0.39 is 0 Å². The zero-order valence-corrected chi connectivity index (χ0v) is 17.2. The summed E-state index contributed by atoms with van der Waals surface area (Å²) < 4.78 is 11.2. The maximum absolute atomic E-state index is 13.0. The van der Waals surface area contributed by atoms with Crippen LogP contribution in [0.25, 0.3) is 11.3 Å². The Bertz CT molecular complexity index is 971. The molecule has 1 aromatic heterocycles. The summed E-state index contributed by atoms with van der Waals surface area (Å²) in [5.74, 6) is 1.11. The van der Waals surface area contributed by atoms with Crippen LogP contribution in [0, 0.1) is 5.92 Å². The second-order valence-corrected chi connectivity index (χ2v) is 7.66. The Balaban J connectivity index is 1.34. The lowest BCUT2D eigenvalue weighted by Crippen LogP contribution is -2.41. The highest BCUT2D eigenvalue weighted by molar-refractivity contribution is 5.93. The number of methoxy groups -OCH3 is 1. The number of benzene rings is 2. The van der Waals surface area contributed by atoms with Crippen LogP contribution in [0.4, 0.5) is 0 Å². The molecule has 0 saturated carbocycles. The van der Waals surface area contributed by atoms with Gasteiger partial charge in [-0.25, -0.2) is 0 Å². The third-order valence-electron chi connectivity index (χ3n) is 5.45. The Morgan fingerprint density at radius 2 is 2.03 bits per heavy atom. The molecule has 3 aromatic rings. The molecule has 0 bridgehead atoms. The van der Waals surface area contributed by atoms with Crippen LogP contribution in [0.2, 0.25) is 0 Å². The van der Waals surface area contributed by atoms with E-state index in [0.717, 1.165) is 36.4 Å². The van der Waals surface area contributed by atoms with Crippen molar-refractivity contribution < 1.29 is 14.3 Å². The maximum atomic E-state index is 13.0. The van der Waals surface area contributed by atoms with Gasteiger partial charge < -0.3 is 14.4 Å². The number of aromatic nitrogens is 2. The molecule has 0 radical (unpaired) electrons. The van der Waals surface area contributed by atoms with E-state index in [9.17, 15) is 4.79 Å². The molecular formula is C24H27N3O3. The largest absolute Gasteiger partial charge is 0.497 e. The van der Waals surface area contributed by atoms with Gasteiger partial charge in [-0.1, -0.05) is 42.5 Å². The molecule has 2 aromatic carbocycles. The van der Waals surface area contributed by atoms with Gasteiger partial charge in [0.25, 0.3) is 5.91 Å². The molecule has 0 aliphatic carbocycles. The van der Waals surface area contributed by atoms with Gasteiger partial charge in [0.15, 0.2) is 0 Å². The first-order chi connectivity index (χ1) is 14.7. The Labute approximate surface area is 176 Å². The lowest BCUT2D eigenvalue weighted by atomic mass is 9.98. The minimum absolute atomic E-state index is 0.00981. The van der Waals surface area contributed by atoms with E-state index in [2.05, 4.69) is 22.3 Å². The number of nitrogens with one attached hydrogen (secondary N) is 1. The number of piperidine rings is 1. The maximum Gasteiger partial charge on any atom is 0.271 e. The summed E-state index contributed by atoms with van der Waals surface area (Å²) in [7, 11) is 1.63. The molecule has 1 aliphatic heterocycles. The molecule has 0 spiro atoms. The number of rotatable bonds is 7. The third-order valence-corrected chi connectivity index (χ3v) is 5.45. The normalized spacial score (nSPS) is 16.4. The summed E-state index contributed by atoms with van der Waals surface area (Å²) in [5.41, 5.74) is 3.33. The van der Waals surface area contributed by atoms with Gasteiger partial charge in [0.05, 0.1) is 26.0 Å². The molecule has 1 fully saturated rings. The van der Waals surface area contributed by atoms with Crippen LogP contribution in [-0.2, 0) is 11.3 Å². The lowest BCUT2D eigenvalue weighted by Gasteiger charge is -2.32. The summed E-state index contributed by atoms with van der Waals surface area (Å²) in [5, 5.41) is 7.23. The zero-order chi connectivity index (χ0) is 20.8. The van der Waals surface area contributed by atoms with Crippen molar-refractivity contribution in [3.8, 4) is 17.0 Å². The highest BCUT2D eigenvalue weighted by atomic mass is 16.5. The number of aromatic amines is 1. The smallest absolute Gasteiger partial charge is 0.271 e. The minimum atomic E-state index is -0.00981. The van der Waals surface area contributed by atoms with Crippen molar-refractivity contribution >= 4 is 5.91 Å². The monoisotopic (exact) mass is 405 g/mol. The molecule has 1 N–H and O–H groups in total. The quantitative estimate of drug-likeness (QED) is 0.641. The molecule has 4 rings (SSSR count). The number of hydrogen-bond donors (Lipinski definition) is 1. The number of H-pyrrole nitrogens is 1. The Kier molecular flexibility index (Phi) is 6.44. The fourth-order valence-electron chi connectivity index (χ4n) is 3.84. The van der Waals surface area contributed by atoms with Crippen LogP contribution in [-0.4, -0.2) is 47.8 Å². The molecule has 1 amide bonds. The van der Waals surface area contributed by atoms with E-state index in [1.165, 1.54) is 5.56 Å². The summed E-state index contributed by atoms with van der Waals surface area (Å²) in [6.07, 6.45) is 2.07. The number of carbonyl (C=O) groups excluding carboxylic acids is 1. The van der Waals surface area contributed by atoms with E-state index in [4.69, 9.17) is 9.47 Å². The number of amides is 1.